The number of amides is 2. The number of benzene rings is 1. The molecule has 2 aromatic rings. The van der Waals surface area contributed by atoms with E-state index < -0.39 is 20.5 Å². The lowest BCUT2D eigenvalue weighted by molar-refractivity contribution is -0.158. The lowest BCUT2D eigenvalue weighted by Crippen LogP contribution is -2.65. The lowest BCUT2D eigenvalue weighted by Gasteiger charge is -2.50. The van der Waals surface area contributed by atoms with Gasteiger partial charge in [-0.1, -0.05) is 45.0 Å². The van der Waals surface area contributed by atoms with E-state index in [1.54, 1.807) is 36.7 Å². The van der Waals surface area contributed by atoms with Gasteiger partial charge in [0.15, 0.2) is 14.4 Å². The Morgan fingerprint density at radius 1 is 1.11 bits per heavy atom. The van der Waals surface area contributed by atoms with Crippen LogP contribution < -0.4 is 0 Å². The maximum atomic E-state index is 13.0. The fraction of sp³-hybridized carbons (Fsp3) is 0.381. The number of likely N-dealkylation sites (tertiary alicyclic amines) is 1. The molecule has 0 spiro atoms. The summed E-state index contributed by atoms with van der Waals surface area (Å²) in [6.07, 6.45) is 2.73. The van der Waals surface area contributed by atoms with E-state index in [2.05, 4.69) is 38.8 Å². The molecule has 3 rings (SSSR count). The van der Waals surface area contributed by atoms with Crippen molar-refractivity contribution in [2.24, 2.45) is 0 Å². The van der Waals surface area contributed by atoms with Crippen LogP contribution in [0.4, 0.5) is 0 Å². The molecule has 1 saturated heterocycles. The molecule has 1 fully saturated rings. The van der Waals surface area contributed by atoms with Gasteiger partial charge in [0, 0.05) is 18.0 Å². The van der Waals surface area contributed by atoms with Gasteiger partial charge in [-0.2, -0.15) is 0 Å². The van der Waals surface area contributed by atoms with E-state index in [0.717, 1.165) is 5.56 Å². The third-order valence-corrected chi connectivity index (χ3v) is 9.99. The van der Waals surface area contributed by atoms with Gasteiger partial charge in [-0.3, -0.25) is 19.5 Å². The summed E-state index contributed by atoms with van der Waals surface area (Å²) in [5.41, 5.74) is 1.30. The van der Waals surface area contributed by atoms with Gasteiger partial charge in [-0.25, -0.2) is 0 Å². The summed E-state index contributed by atoms with van der Waals surface area (Å²) in [6.45, 7) is 10.6. The highest BCUT2D eigenvalue weighted by atomic mass is 28.4. The second-order valence-corrected chi connectivity index (χ2v) is 13.2. The summed E-state index contributed by atoms with van der Waals surface area (Å²) in [5, 5.41) is -0.0311. The third-order valence-electron chi connectivity index (χ3n) is 5.54. The molecule has 0 unspecified atom stereocenters. The molecular weight excluding hydrogens is 356 g/mol. The first-order valence-electron chi connectivity index (χ1n) is 9.14. The van der Waals surface area contributed by atoms with Crippen LogP contribution in [0.1, 0.15) is 42.7 Å². The topological polar surface area (TPSA) is 59.5 Å². The smallest absolute Gasteiger partial charge is 0.261 e. The van der Waals surface area contributed by atoms with Crippen molar-refractivity contribution in [1.29, 1.82) is 0 Å². The quantitative estimate of drug-likeness (QED) is 0.452. The fourth-order valence-electron chi connectivity index (χ4n) is 2.89. The number of hydrogen-bond donors (Lipinski definition) is 0. The van der Waals surface area contributed by atoms with Crippen molar-refractivity contribution < 1.29 is 14.0 Å². The molecule has 0 N–H and O–H groups in total. The summed E-state index contributed by atoms with van der Waals surface area (Å²) in [6, 6.07) is 12.1. The number of rotatable bonds is 4. The van der Waals surface area contributed by atoms with E-state index in [9.17, 15) is 9.59 Å². The molecular formula is C21H26N2O3Si. The molecule has 27 heavy (non-hydrogen) atoms. The van der Waals surface area contributed by atoms with Gasteiger partial charge in [-0.05, 0) is 41.9 Å². The van der Waals surface area contributed by atoms with Gasteiger partial charge in [-0.15, -0.1) is 0 Å². The van der Waals surface area contributed by atoms with Crippen molar-refractivity contribution in [3.05, 3.63) is 66.0 Å². The van der Waals surface area contributed by atoms with Gasteiger partial charge in [0.25, 0.3) is 11.8 Å². The van der Waals surface area contributed by atoms with Crippen molar-refractivity contribution in [2.75, 3.05) is 0 Å². The molecule has 1 aromatic heterocycles. The van der Waals surface area contributed by atoms with Crippen molar-refractivity contribution in [3.63, 3.8) is 0 Å². The van der Waals surface area contributed by atoms with Crippen molar-refractivity contribution in [1.82, 2.24) is 9.88 Å². The third kappa shape index (κ3) is 3.59. The predicted molar refractivity (Wildman–Crippen MR) is 107 cm³/mol. The van der Waals surface area contributed by atoms with E-state index in [1.807, 2.05) is 18.2 Å². The second-order valence-electron chi connectivity index (χ2n) is 8.41. The zero-order valence-corrected chi connectivity index (χ0v) is 17.5. The molecule has 0 radical (unpaired) electrons. The number of imide groups is 1. The molecule has 142 valence electrons. The molecule has 2 heterocycles. The largest absolute Gasteiger partial charge is 0.403 e. The van der Waals surface area contributed by atoms with Gasteiger partial charge in [0.2, 0.25) is 0 Å². The predicted octanol–water partition coefficient (Wildman–Crippen LogP) is 4.20. The normalized spacial score (nSPS) is 20.3. The van der Waals surface area contributed by atoms with Crippen LogP contribution in [0.5, 0.6) is 0 Å². The molecule has 0 saturated carbocycles. The van der Waals surface area contributed by atoms with Crippen molar-refractivity contribution in [3.8, 4) is 0 Å². The highest BCUT2D eigenvalue weighted by molar-refractivity contribution is 6.74. The zero-order chi connectivity index (χ0) is 19.8. The highest BCUT2D eigenvalue weighted by Gasteiger charge is 2.55. The van der Waals surface area contributed by atoms with Crippen LogP contribution >= 0.6 is 0 Å². The number of pyridine rings is 1. The Morgan fingerprint density at radius 3 is 2.33 bits per heavy atom. The average molecular weight is 383 g/mol. The molecule has 1 aliphatic heterocycles. The average Bonchev–Trinajstić information content (AvgIpc) is 2.64. The Bertz CT molecular complexity index is 832. The second kappa shape index (κ2) is 7.02. The first-order chi connectivity index (χ1) is 12.6. The van der Waals surface area contributed by atoms with Crippen LogP contribution in [0.15, 0.2) is 54.9 Å². The Hall–Kier alpha value is -2.31. The monoisotopic (exact) mass is 382 g/mol. The minimum Gasteiger partial charge on any atom is -0.403 e. The Morgan fingerprint density at radius 2 is 1.78 bits per heavy atom. The molecule has 2 amide bonds. The summed E-state index contributed by atoms with van der Waals surface area (Å²) in [7, 11) is -2.18. The Labute approximate surface area is 161 Å². The summed E-state index contributed by atoms with van der Waals surface area (Å²) in [4.78, 5) is 31.4. The fourth-order valence-corrected chi connectivity index (χ4v) is 4.11. The number of aromatic nitrogens is 1. The SMILES string of the molecule is CC(C)(C)[Si](C)(C)O[C@H]1C(=O)N(C(=O)c2ccccc2)[C@H]1c1cccnc1. The standard InChI is InChI=1S/C21H26N2O3Si/c1-21(2,3)27(4,5)26-18-17(16-12-9-13-22-14-16)23(20(18)25)19(24)15-10-7-6-8-11-15/h6-14,17-18H,1-5H3/t17-,18+/m0/s1. The summed E-state index contributed by atoms with van der Waals surface area (Å²) in [5.74, 6) is -0.577. The van der Waals surface area contributed by atoms with E-state index in [-0.39, 0.29) is 16.9 Å². The van der Waals surface area contributed by atoms with Crippen LogP contribution in [-0.4, -0.2) is 36.1 Å². The van der Waals surface area contributed by atoms with Crippen LogP contribution in [0, 0.1) is 0 Å². The van der Waals surface area contributed by atoms with Gasteiger partial charge in [0.1, 0.15) is 6.04 Å². The summed E-state index contributed by atoms with van der Waals surface area (Å²) >= 11 is 0. The number of nitrogens with zero attached hydrogens (tertiary/aromatic N) is 2. The van der Waals surface area contributed by atoms with Crippen LogP contribution in [0.25, 0.3) is 0 Å². The van der Waals surface area contributed by atoms with Crippen LogP contribution in [0.3, 0.4) is 0 Å². The highest BCUT2D eigenvalue weighted by Crippen LogP contribution is 2.44. The van der Waals surface area contributed by atoms with Gasteiger partial charge >= 0.3 is 0 Å². The van der Waals surface area contributed by atoms with Crippen molar-refractivity contribution in [2.45, 2.75) is 51.0 Å². The Kier molecular flexibility index (Phi) is 5.05. The molecule has 5 nitrogen and oxygen atoms in total. The first kappa shape index (κ1) is 19.4. The van der Waals surface area contributed by atoms with Gasteiger partial charge < -0.3 is 4.43 Å². The number of hydrogen-bond acceptors (Lipinski definition) is 4. The maximum Gasteiger partial charge on any atom is 0.261 e. The lowest BCUT2D eigenvalue weighted by atomic mass is 9.91. The Balaban J connectivity index is 1.94. The zero-order valence-electron chi connectivity index (χ0n) is 16.5. The maximum absolute atomic E-state index is 13.0. The minimum atomic E-state index is -2.18. The molecule has 6 heteroatoms. The molecule has 0 bridgehead atoms. The molecule has 2 atom stereocenters. The van der Waals surface area contributed by atoms with E-state index in [1.165, 1.54) is 4.90 Å². The molecule has 1 aromatic carbocycles. The van der Waals surface area contributed by atoms with Crippen LogP contribution in [-0.2, 0) is 9.22 Å². The van der Waals surface area contributed by atoms with E-state index >= 15 is 0 Å². The first-order valence-corrected chi connectivity index (χ1v) is 12.0. The van der Waals surface area contributed by atoms with E-state index in [4.69, 9.17) is 4.43 Å². The molecule has 0 aliphatic carbocycles. The molecule has 1 aliphatic rings. The summed E-state index contributed by atoms with van der Waals surface area (Å²) < 4.78 is 6.40. The van der Waals surface area contributed by atoms with Crippen molar-refractivity contribution >= 4 is 20.1 Å². The number of carbonyl (C=O) groups is 2. The van der Waals surface area contributed by atoms with E-state index in [0.29, 0.717) is 5.56 Å². The van der Waals surface area contributed by atoms with Crippen LogP contribution in [0.2, 0.25) is 18.1 Å². The van der Waals surface area contributed by atoms with Gasteiger partial charge in [0.05, 0.1) is 0 Å². The minimum absolute atomic E-state index is 0.0311. The number of β-lactam (4-membered cyclic amide) rings is 1. The number of carbonyl (C=O) groups excluding carboxylic acids is 2.